The Labute approximate surface area is 186 Å². The van der Waals surface area contributed by atoms with Gasteiger partial charge in [0.25, 0.3) is 23.4 Å². The van der Waals surface area contributed by atoms with Crippen LogP contribution in [0.5, 0.6) is 5.75 Å². The summed E-state index contributed by atoms with van der Waals surface area (Å²) >= 11 is 6.01. The number of carbonyl (C=O) groups is 3. The number of nitrogens with one attached hydrogen (secondary N) is 1. The normalized spacial score (nSPS) is 12.5. The molecule has 3 amide bonds. The van der Waals surface area contributed by atoms with Crippen molar-refractivity contribution in [3.8, 4) is 5.75 Å². The van der Waals surface area contributed by atoms with Crippen molar-refractivity contribution in [1.29, 1.82) is 0 Å². The van der Waals surface area contributed by atoms with Gasteiger partial charge in [-0.2, -0.15) is 0 Å². The van der Waals surface area contributed by atoms with Crippen LogP contribution in [-0.4, -0.2) is 29.8 Å². The average Bonchev–Trinajstić information content (AvgIpc) is 3.04. The quantitative estimate of drug-likeness (QED) is 0.350. The molecule has 0 saturated heterocycles. The molecule has 0 bridgehead atoms. The molecule has 0 aromatic heterocycles. The Morgan fingerprint density at radius 1 is 1.06 bits per heavy atom. The zero-order valence-electron chi connectivity index (χ0n) is 16.5. The molecule has 1 aliphatic rings. The molecular formula is C22H14ClN3O6. The molecule has 4 rings (SSSR count). The summed E-state index contributed by atoms with van der Waals surface area (Å²) in [6.07, 6.45) is 0. The highest BCUT2D eigenvalue weighted by Gasteiger charge is 2.42. The molecule has 0 aliphatic carbocycles. The lowest BCUT2D eigenvalue weighted by atomic mass is 10.1. The third kappa shape index (κ3) is 3.44. The van der Waals surface area contributed by atoms with Crippen LogP contribution in [0, 0.1) is 10.1 Å². The standard InChI is InChI=1S/C22H14ClN3O6/c1-32-18-10-9-12(23)11-15(18)24-20(27)13-5-2-3-7-16(13)25-21(28)14-6-4-8-17(26(30)31)19(14)22(25)29/h2-11H,1H3,(H,24,27). The summed E-state index contributed by atoms with van der Waals surface area (Å²) in [5.41, 5.74) is -0.602. The van der Waals surface area contributed by atoms with Gasteiger partial charge in [-0.1, -0.05) is 29.8 Å². The molecule has 1 heterocycles. The van der Waals surface area contributed by atoms with Gasteiger partial charge in [-0.15, -0.1) is 0 Å². The lowest BCUT2D eigenvalue weighted by Gasteiger charge is -2.18. The summed E-state index contributed by atoms with van der Waals surface area (Å²) in [6, 6.07) is 14.4. The summed E-state index contributed by atoms with van der Waals surface area (Å²) in [5.74, 6) is -1.91. The van der Waals surface area contributed by atoms with Crippen LogP contribution < -0.4 is 15.0 Å². The second-order valence-corrected chi connectivity index (χ2v) is 7.15. The van der Waals surface area contributed by atoms with Crippen molar-refractivity contribution in [3.05, 3.63) is 92.5 Å². The van der Waals surface area contributed by atoms with Crippen LogP contribution in [-0.2, 0) is 0 Å². The van der Waals surface area contributed by atoms with E-state index in [1.54, 1.807) is 24.3 Å². The highest BCUT2D eigenvalue weighted by Crippen LogP contribution is 2.36. The first-order valence-electron chi connectivity index (χ1n) is 9.23. The first-order valence-corrected chi connectivity index (χ1v) is 9.61. The van der Waals surface area contributed by atoms with Gasteiger partial charge in [0, 0.05) is 11.1 Å². The van der Waals surface area contributed by atoms with Crippen molar-refractivity contribution < 1.29 is 24.0 Å². The second kappa shape index (κ2) is 8.12. The Hall–Kier alpha value is -4.24. The molecule has 0 saturated carbocycles. The van der Waals surface area contributed by atoms with Gasteiger partial charge < -0.3 is 10.1 Å². The third-order valence-corrected chi connectivity index (χ3v) is 5.12. The fraction of sp³-hybridized carbons (Fsp3) is 0.0455. The maximum absolute atomic E-state index is 13.1. The molecule has 0 atom stereocenters. The number of para-hydroxylation sites is 1. The van der Waals surface area contributed by atoms with E-state index in [9.17, 15) is 24.5 Å². The van der Waals surface area contributed by atoms with Gasteiger partial charge in [0.05, 0.1) is 34.5 Å². The number of benzene rings is 3. The van der Waals surface area contributed by atoms with E-state index in [1.165, 1.54) is 37.4 Å². The number of nitrogens with zero attached hydrogens (tertiary/aromatic N) is 2. The predicted octanol–water partition coefficient (Wildman–Crippen LogP) is 4.31. The maximum atomic E-state index is 13.1. The number of anilines is 2. The molecule has 1 aliphatic heterocycles. The number of nitro groups is 1. The van der Waals surface area contributed by atoms with Gasteiger partial charge in [0.1, 0.15) is 11.3 Å². The van der Waals surface area contributed by atoms with E-state index in [0.29, 0.717) is 10.8 Å². The molecule has 9 nitrogen and oxygen atoms in total. The number of carbonyl (C=O) groups excluding carboxylic acids is 3. The van der Waals surface area contributed by atoms with Crippen molar-refractivity contribution >= 4 is 46.4 Å². The van der Waals surface area contributed by atoms with Crippen LogP contribution in [0.3, 0.4) is 0 Å². The zero-order chi connectivity index (χ0) is 23.0. The lowest BCUT2D eigenvalue weighted by molar-refractivity contribution is -0.385. The highest BCUT2D eigenvalue weighted by molar-refractivity contribution is 6.36. The molecule has 32 heavy (non-hydrogen) atoms. The smallest absolute Gasteiger partial charge is 0.283 e. The summed E-state index contributed by atoms with van der Waals surface area (Å²) < 4.78 is 5.22. The number of hydrogen-bond acceptors (Lipinski definition) is 6. The number of halogens is 1. The van der Waals surface area contributed by atoms with Gasteiger partial charge in [0.15, 0.2) is 0 Å². The van der Waals surface area contributed by atoms with Crippen molar-refractivity contribution in [2.24, 2.45) is 0 Å². The summed E-state index contributed by atoms with van der Waals surface area (Å²) in [4.78, 5) is 50.5. The minimum Gasteiger partial charge on any atom is -0.495 e. The molecule has 0 spiro atoms. The van der Waals surface area contributed by atoms with Gasteiger partial charge in [-0.3, -0.25) is 24.5 Å². The minimum atomic E-state index is -0.877. The lowest BCUT2D eigenvalue weighted by Crippen LogP contribution is -2.31. The first-order chi connectivity index (χ1) is 15.3. The minimum absolute atomic E-state index is 0.00619. The van der Waals surface area contributed by atoms with E-state index in [0.717, 1.165) is 11.0 Å². The topological polar surface area (TPSA) is 119 Å². The number of imide groups is 1. The van der Waals surface area contributed by atoms with Crippen molar-refractivity contribution in [2.75, 3.05) is 17.3 Å². The Morgan fingerprint density at radius 2 is 1.81 bits per heavy atom. The fourth-order valence-electron chi connectivity index (χ4n) is 3.47. The number of fused-ring (bicyclic) bond motifs is 1. The van der Waals surface area contributed by atoms with Crippen LogP contribution in [0.25, 0.3) is 0 Å². The van der Waals surface area contributed by atoms with Crippen molar-refractivity contribution in [1.82, 2.24) is 0 Å². The van der Waals surface area contributed by atoms with E-state index >= 15 is 0 Å². The summed E-state index contributed by atoms with van der Waals surface area (Å²) in [5, 5.41) is 14.4. The predicted molar refractivity (Wildman–Crippen MR) is 117 cm³/mol. The molecular weight excluding hydrogens is 438 g/mol. The van der Waals surface area contributed by atoms with Crippen LogP contribution in [0.15, 0.2) is 60.7 Å². The van der Waals surface area contributed by atoms with E-state index in [4.69, 9.17) is 16.3 Å². The van der Waals surface area contributed by atoms with Crippen LogP contribution >= 0.6 is 11.6 Å². The molecule has 0 radical (unpaired) electrons. The van der Waals surface area contributed by atoms with Gasteiger partial charge in [-0.25, -0.2) is 4.90 Å². The highest BCUT2D eigenvalue weighted by atomic mass is 35.5. The van der Waals surface area contributed by atoms with Crippen LogP contribution in [0.2, 0.25) is 5.02 Å². The molecule has 3 aromatic carbocycles. The third-order valence-electron chi connectivity index (χ3n) is 4.89. The van der Waals surface area contributed by atoms with Gasteiger partial charge >= 0.3 is 0 Å². The van der Waals surface area contributed by atoms with E-state index in [2.05, 4.69) is 5.32 Å². The van der Waals surface area contributed by atoms with E-state index < -0.39 is 28.3 Å². The number of methoxy groups -OCH3 is 1. The largest absolute Gasteiger partial charge is 0.495 e. The Bertz CT molecular complexity index is 1310. The molecule has 0 unspecified atom stereocenters. The number of ether oxygens (including phenoxy) is 1. The van der Waals surface area contributed by atoms with Crippen molar-refractivity contribution in [2.45, 2.75) is 0 Å². The fourth-order valence-corrected chi connectivity index (χ4v) is 3.64. The maximum Gasteiger partial charge on any atom is 0.283 e. The molecule has 0 fully saturated rings. The van der Waals surface area contributed by atoms with Crippen molar-refractivity contribution in [3.63, 3.8) is 0 Å². The van der Waals surface area contributed by atoms with E-state index in [1.807, 2.05) is 0 Å². The van der Waals surface area contributed by atoms with Crippen LogP contribution in [0.1, 0.15) is 31.1 Å². The number of rotatable bonds is 5. The molecule has 3 aromatic rings. The van der Waals surface area contributed by atoms with Crippen LogP contribution in [0.4, 0.5) is 17.1 Å². The monoisotopic (exact) mass is 451 g/mol. The summed E-state index contributed by atoms with van der Waals surface area (Å²) in [6.45, 7) is 0. The van der Waals surface area contributed by atoms with E-state index in [-0.39, 0.29) is 28.1 Å². The molecule has 10 heteroatoms. The average molecular weight is 452 g/mol. The first kappa shape index (κ1) is 21.0. The SMILES string of the molecule is COc1ccc(Cl)cc1NC(=O)c1ccccc1N1C(=O)c2cccc([N+](=O)[O-])c2C1=O. The zero-order valence-corrected chi connectivity index (χ0v) is 17.3. The Kier molecular flexibility index (Phi) is 5.33. The number of amides is 3. The summed E-state index contributed by atoms with van der Waals surface area (Å²) in [7, 11) is 1.43. The Balaban J connectivity index is 1.75. The molecule has 1 N–H and O–H groups in total. The van der Waals surface area contributed by atoms with Gasteiger partial charge in [0.2, 0.25) is 0 Å². The second-order valence-electron chi connectivity index (χ2n) is 6.72. The number of nitro benzene ring substituents is 1. The van der Waals surface area contributed by atoms with Gasteiger partial charge in [-0.05, 0) is 36.4 Å². The number of hydrogen-bond donors (Lipinski definition) is 1. The molecule has 160 valence electrons. The Morgan fingerprint density at radius 3 is 2.53 bits per heavy atom.